The third-order valence-corrected chi connectivity index (χ3v) is 1.58. The predicted molar refractivity (Wildman–Crippen MR) is 53.2 cm³/mol. The van der Waals surface area contributed by atoms with Crippen LogP contribution in [0.3, 0.4) is 0 Å². The highest BCUT2D eigenvalue weighted by molar-refractivity contribution is 5.66. The van der Waals surface area contributed by atoms with Crippen LogP contribution in [0.1, 0.15) is 5.56 Å². The van der Waals surface area contributed by atoms with E-state index in [0.29, 0.717) is 11.3 Å². The SMILES string of the molecule is C=C(O)/C(O)=C\c1ccccc1N. The maximum absolute atomic E-state index is 9.16. The van der Waals surface area contributed by atoms with Crippen LogP contribution in [0.15, 0.2) is 42.4 Å². The van der Waals surface area contributed by atoms with E-state index in [0.717, 1.165) is 0 Å². The Morgan fingerprint density at radius 2 is 1.92 bits per heavy atom. The van der Waals surface area contributed by atoms with Gasteiger partial charge in [-0.25, -0.2) is 0 Å². The number of aliphatic hydroxyl groups is 2. The second kappa shape index (κ2) is 3.67. The maximum atomic E-state index is 9.16. The van der Waals surface area contributed by atoms with Crippen molar-refractivity contribution in [3.05, 3.63) is 47.9 Å². The van der Waals surface area contributed by atoms with E-state index >= 15 is 0 Å². The lowest BCUT2D eigenvalue weighted by atomic mass is 10.1. The monoisotopic (exact) mass is 177 g/mol. The molecule has 0 heterocycles. The summed E-state index contributed by atoms with van der Waals surface area (Å²) in [7, 11) is 0. The van der Waals surface area contributed by atoms with Gasteiger partial charge in [0.05, 0.1) is 0 Å². The Balaban J connectivity index is 3.04. The Bertz CT molecular complexity index is 356. The van der Waals surface area contributed by atoms with Crippen LogP contribution in [0.5, 0.6) is 0 Å². The van der Waals surface area contributed by atoms with Crippen molar-refractivity contribution >= 4 is 11.8 Å². The zero-order valence-corrected chi connectivity index (χ0v) is 7.07. The molecule has 0 atom stereocenters. The van der Waals surface area contributed by atoms with E-state index in [1.54, 1.807) is 24.3 Å². The molecular weight excluding hydrogens is 166 g/mol. The van der Waals surface area contributed by atoms with Gasteiger partial charge in [-0.2, -0.15) is 0 Å². The van der Waals surface area contributed by atoms with Gasteiger partial charge in [-0.3, -0.25) is 0 Å². The van der Waals surface area contributed by atoms with Crippen molar-refractivity contribution in [2.45, 2.75) is 0 Å². The van der Waals surface area contributed by atoms with Gasteiger partial charge in [0.25, 0.3) is 0 Å². The molecule has 3 heteroatoms. The number of rotatable bonds is 2. The molecule has 13 heavy (non-hydrogen) atoms. The minimum absolute atomic E-state index is 0.280. The van der Waals surface area contributed by atoms with Gasteiger partial charge in [0.2, 0.25) is 0 Å². The van der Waals surface area contributed by atoms with Crippen LogP contribution in [0.4, 0.5) is 5.69 Å². The molecule has 0 amide bonds. The first-order valence-corrected chi connectivity index (χ1v) is 3.74. The third kappa shape index (κ3) is 2.27. The van der Waals surface area contributed by atoms with Gasteiger partial charge < -0.3 is 15.9 Å². The zero-order valence-electron chi connectivity index (χ0n) is 7.07. The average Bonchev–Trinajstić information content (AvgIpc) is 2.08. The lowest BCUT2D eigenvalue weighted by Gasteiger charge is -2.00. The highest BCUT2D eigenvalue weighted by atomic mass is 16.3. The zero-order chi connectivity index (χ0) is 9.84. The highest BCUT2D eigenvalue weighted by Gasteiger charge is 1.99. The van der Waals surface area contributed by atoms with Crippen molar-refractivity contribution in [3.63, 3.8) is 0 Å². The molecule has 3 nitrogen and oxygen atoms in total. The summed E-state index contributed by atoms with van der Waals surface area (Å²) in [6.07, 6.45) is 1.36. The fourth-order valence-electron chi connectivity index (χ4n) is 0.873. The largest absolute Gasteiger partial charge is 0.505 e. The Hall–Kier alpha value is -1.90. The molecule has 1 aromatic carbocycles. The molecule has 1 rings (SSSR count). The van der Waals surface area contributed by atoms with Gasteiger partial charge in [0.15, 0.2) is 5.76 Å². The summed E-state index contributed by atoms with van der Waals surface area (Å²) in [6.45, 7) is 3.18. The van der Waals surface area contributed by atoms with Crippen molar-refractivity contribution in [1.82, 2.24) is 0 Å². The summed E-state index contributed by atoms with van der Waals surface area (Å²) in [4.78, 5) is 0. The molecule has 0 fully saturated rings. The summed E-state index contributed by atoms with van der Waals surface area (Å²) in [6, 6.07) is 7.01. The molecule has 0 saturated heterocycles. The molecule has 0 saturated carbocycles. The molecule has 0 aliphatic carbocycles. The summed E-state index contributed by atoms with van der Waals surface area (Å²) >= 11 is 0. The minimum Gasteiger partial charge on any atom is -0.505 e. The summed E-state index contributed by atoms with van der Waals surface area (Å²) in [5.74, 6) is -0.652. The van der Waals surface area contributed by atoms with Gasteiger partial charge in [0.1, 0.15) is 5.76 Å². The predicted octanol–water partition coefficient (Wildman–Crippen LogP) is 2.24. The van der Waals surface area contributed by atoms with Gasteiger partial charge in [-0.1, -0.05) is 24.8 Å². The van der Waals surface area contributed by atoms with Crippen LogP contribution in [-0.2, 0) is 0 Å². The Morgan fingerprint density at radius 1 is 1.31 bits per heavy atom. The quantitative estimate of drug-likeness (QED) is 0.368. The molecule has 0 unspecified atom stereocenters. The van der Waals surface area contributed by atoms with Crippen molar-refractivity contribution in [2.75, 3.05) is 5.73 Å². The molecule has 0 radical (unpaired) electrons. The van der Waals surface area contributed by atoms with E-state index in [2.05, 4.69) is 6.58 Å². The summed E-state index contributed by atoms with van der Waals surface area (Å²) < 4.78 is 0. The first-order valence-electron chi connectivity index (χ1n) is 3.74. The third-order valence-electron chi connectivity index (χ3n) is 1.58. The van der Waals surface area contributed by atoms with Gasteiger partial charge >= 0.3 is 0 Å². The van der Waals surface area contributed by atoms with E-state index in [9.17, 15) is 0 Å². The minimum atomic E-state index is -0.372. The number of hydrogen-bond donors (Lipinski definition) is 3. The number of para-hydroxylation sites is 1. The number of benzene rings is 1. The second-order valence-electron chi connectivity index (χ2n) is 2.61. The molecule has 0 aromatic heterocycles. The number of aliphatic hydroxyl groups excluding tert-OH is 2. The van der Waals surface area contributed by atoms with E-state index in [4.69, 9.17) is 15.9 Å². The number of hydrogen-bond acceptors (Lipinski definition) is 3. The normalized spacial score (nSPS) is 11.2. The van der Waals surface area contributed by atoms with Crippen molar-refractivity contribution in [1.29, 1.82) is 0 Å². The lowest BCUT2D eigenvalue weighted by Crippen LogP contribution is -1.90. The maximum Gasteiger partial charge on any atom is 0.157 e. The average molecular weight is 177 g/mol. The molecule has 0 bridgehead atoms. The topological polar surface area (TPSA) is 66.5 Å². The van der Waals surface area contributed by atoms with Crippen LogP contribution in [0.2, 0.25) is 0 Å². The fourth-order valence-corrected chi connectivity index (χ4v) is 0.873. The highest BCUT2D eigenvalue weighted by Crippen LogP contribution is 2.15. The van der Waals surface area contributed by atoms with E-state index < -0.39 is 0 Å². The molecule has 4 N–H and O–H groups in total. The van der Waals surface area contributed by atoms with Crippen LogP contribution in [-0.4, -0.2) is 10.2 Å². The van der Waals surface area contributed by atoms with Crippen molar-refractivity contribution in [2.24, 2.45) is 0 Å². The number of anilines is 1. The van der Waals surface area contributed by atoms with Crippen molar-refractivity contribution < 1.29 is 10.2 Å². The molecule has 0 aliphatic heterocycles. The van der Waals surface area contributed by atoms with E-state index in [-0.39, 0.29) is 11.5 Å². The summed E-state index contributed by atoms with van der Waals surface area (Å²) in [5, 5.41) is 18.0. The second-order valence-corrected chi connectivity index (χ2v) is 2.61. The number of nitrogens with two attached hydrogens (primary N) is 1. The Kier molecular flexibility index (Phi) is 2.59. The Labute approximate surface area is 76.4 Å². The van der Waals surface area contributed by atoms with Crippen molar-refractivity contribution in [3.8, 4) is 0 Å². The van der Waals surface area contributed by atoms with Crippen LogP contribution in [0.25, 0.3) is 6.08 Å². The standard InChI is InChI=1S/C10H11NO2/c1-7(12)10(13)6-8-4-2-3-5-9(8)11/h2-6,12-13H,1,11H2/b10-6+. The molecule has 1 aromatic rings. The molecule has 68 valence electrons. The van der Waals surface area contributed by atoms with Crippen LogP contribution in [0, 0.1) is 0 Å². The van der Waals surface area contributed by atoms with Crippen LogP contribution < -0.4 is 5.73 Å². The molecular formula is C10H11NO2. The summed E-state index contributed by atoms with van der Waals surface area (Å²) in [5.41, 5.74) is 6.79. The smallest absolute Gasteiger partial charge is 0.157 e. The molecule has 0 aliphatic rings. The lowest BCUT2D eigenvalue weighted by molar-refractivity contribution is 0.332. The first-order chi connectivity index (χ1) is 6.11. The fraction of sp³-hybridized carbons (Fsp3) is 0. The van der Waals surface area contributed by atoms with Gasteiger partial charge in [-0.15, -0.1) is 0 Å². The number of nitrogen functional groups attached to an aromatic ring is 1. The Morgan fingerprint density at radius 3 is 2.46 bits per heavy atom. The molecule has 0 spiro atoms. The van der Waals surface area contributed by atoms with E-state index in [1.807, 2.05) is 0 Å². The van der Waals surface area contributed by atoms with Crippen LogP contribution >= 0.6 is 0 Å². The van der Waals surface area contributed by atoms with Gasteiger partial charge in [-0.05, 0) is 12.1 Å². The van der Waals surface area contributed by atoms with Gasteiger partial charge in [0, 0.05) is 11.3 Å². The van der Waals surface area contributed by atoms with E-state index in [1.165, 1.54) is 6.08 Å². The first kappa shape index (κ1) is 9.19.